The summed E-state index contributed by atoms with van der Waals surface area (Å²) in [7, 11) is 0. The first-order valence-corrected chi connectivity index (χ1v) is 8.23. The van der Waals surface area contributed by atoms with Crippen molar-refractivity contribution in [3.63, 3.8) is 0 Å². The van der Waals surface area contributed by atoms with Gasteiger partial charge in [0.15, 0.2) is 5.78 Å². The highest BCUT2D eigenvalue weighted by molar-refractivity contribution is 6.16. The Morgan fingerprint density at radius 1 is 1.08 bits per heavy atom. The number of aryl methyl sites for hydroxylation is 1. The van der Waals surface area contributed by atoms with E-state index in [-0.39, 0.29) is 18.6 Å². The lowest BCUT2D eigenvalue weighted by Gasteiger charge is -2.17. The molecule has 0 bridgehead atoms. The summed E-state index contributed by atoms with van der Waals surface area (Å²) in [5.74, 6) is -1.14. The molecule has 0 fully saturated rings. The molecule has 0 saturated carbocycles. The van der Waals surface area contributed by atoms with Gasteiger partial charge in [0.05, 0.1) is 18.8 Å². The van der Waals surface area contributed by atoms with Gasteiger partial charge in [0.25, 0.3) is 0 Å². The van der Waals surface area contributed by atoms with Gasteiger partial charge in [-0.3, -0.25) is 4.79 Å². The van der Waals surface area contributed by atoms with Gasteiger partial charge in [-0.25, -0.2) is 4.79 Å². The Kier molecular flexibility index (Phi) is 8.61. The van der Waals surface area contributed by atoms with Gasteiger partial charge in [0.2, 0.25) is 0 Å². The van der Waals surface area contributed by atoms with Gasteiger partial charge in [-0.2, -0.15) is 0 Å². The number of carbonyl (C=O) groups excluding carboxylic acids is 2. The summed E-state index contributed by atoms with van der Waals surface area (Å²) in [4.78, 5) is 23.4. The van der Waals surface area contributed by atoms with Gasteiger partial charge in [-0.15, -0.1) is 5.76 Å². The van der Waals surface area contributed by atoms with Crippen molar-refractivity contribution in [2.45, 2.75) is 46.5 Å². The van der Waals surface area contributed by atoms with Crippen LogP contribution in [0.3, 0.4) is 0 Å². The molecular weight excluding hydrogens is 308 g/mol. The van der Waals surface area contributed by atoms with Crippen LogP contribution in [0.2, 0.25) is 0 Å². The molecule has 0 amide bonds. The number of hydrogen-bond donors (Lipinski definition) is 0. The van der Waals surface area contributed by atoms with Crippen LogP contribution in [-0.2, 0) is 14.3 Å². The molecule has 0 aliphatic carbocycles. The fourth-order valence-electron chi connectivity index (χ4n) is 2.02. The Labute approximate surface area is 143 Å². The molecule has 0 atom stereocenters. The van der Waals surface area contributed by atoms with Crippen molar-refractivity contribution < 1.29 is 24.2 Å². The Morgan fingerprint density at radius 3 is 2.33 bits per heavy atom. The lowest BCUT2D eigenvalue weighted by Crippen LogP contribution is -2.22. The number of rotatable bonds is 10. The lowest BCUT2D eigenvalue weighted by atomic mass is 10.1. The number of carbonyl (C=O) groups is 2. The summed E-state index contributed by atoms with van der Waals surface area (Å²) >= 11 is 0. The van der Waals surface area contributed by atoms with Crippen molar-refractivity contribution >= 4 is 11.8 Å². The van der Waals surface area contributed by atoms with Crippen LogP contribution in [0.5, 0.6) is 5.75 Å². The minimum absolute atomic E-state index is 0.0731. The molecule has 0 aliphatic heterocycles. The van der Waals surface area contributed by atoms with E-state index in [2.05, 4.69) is 0 Å². The lowest BCUT2D eigenvalue weighted by molar-refractivity contribution is -0.308. The zero-order chi connectivity index (χ0) is 17.9. The minimum atomic E-state index is -0.819. The van der Waals surface area contributed by atoms with Gasteiger partial charge >= 0.3 is 5.97 Å². The SMILES string of the molecule is CCCCOC(=O)/C(C(C)=O)=C(/[O-])CCCOc1ccc(C)cc1. The van der Waals surface area contributed by atoms with Crippen molar-refractivity contribution in [3.05, 3.63) is 41.2 Å². The van der Waals surface area contributed by atoms with Gasteiger partial charge in [0, 0.05) is 0 Å². The Balaban J connectivity index is 2.51. The normalized spacial score (nSPS) is 11.6. The first-order chi connectivity index (χ1) is 11.5. The molecule has 0 spiro atoms. The Morgan fingerprint density at radius 2 is 1.75 bits per heavy atom. The number of ketones is 1. The number of ether oxygens (including phenoxy) is 2. The minimum Gasteiger partial charge on any atom is -0.875 e. The molecular formula is C19H25O5-. The van der Waals surface area contributed by atoms with E-state index in [0.29, 0.717) is 19.4 Å². The number of allylic oxidation sites excluding steroid dienone is 1. The third kappa shape index (κ3) is 6.86. The quantitative estimate of drug-likeness (QED) is 0.164. The second kappa shape index (κ2) is 10.5. The van der Waals surface area contributed by atoms with Gasteiger partial charge in [-0.05, 0) is 45.2 Å². The topological polar surface area (TPSA) is 75.7 Å². The average molecular weight is 333 g/mol. The van der Waals surface area contributed by atoms with Gasteiger partial charge < -0.3 is 14.6 Å². The fourth-order valence-corrected chi connectivity index (χ4v) is 2.02. The predicted molar refractivity (Wildman–Crippen MR) is 89.5 cm³/mol. The van der Waals surface area contributed by atoms with Crippen molar-refractivity contribution in [1.29, 1.82) is 0 Å². The van der Waals surface area contributed by atoms with E-state index in [1.165, 1.54) is 6.92 Å². The van der Waals surface area contributed by atoms with E-state index in [4.69, 9.17) is 9.47 Å². The van der Waals surface area contributed by atoms with Crippen LogP contribution in [0.25, 0.3) is 0 Å². The molecule has 0 aliphatic rings. The zero-order valence-electron chi connectivity index (χ0n) is 14.6. The number of unbranched alkanes of at least 4 members (excludes halogenated alkanes) is 1. The molecule has 0 N–H and O–H groups in total. The second-order valence-electron chi connectivity index (χ2n) is 5.61. The first-order valence-electron chi connectivity index (χ1n) is 8.23. The van der Waals surface area contributed by atoms with Crippen LogP contribution < -0.4 is 9.84 Å². The summed E-state index contributed by atoms with van der Waals surface area (Å²) in [5.41, 5.74) is 0.765. The van der Waals surface area contributed by atoms with E-state index in [1.807, 2.05) is 38.1 Å². The van der Waals surface area contributed by atoms with E-state index >= 15 is 0 Å². The molecule has 1 rings (SSSR count). The summed E-state index contributed by atoms with van der Waals surface area (Å²) in [5, 5.41) is 12.1. The number of Topliss-reactive ketones (excluding diaryl/α,β-unsaturated/α-hetero) is 1. The monoisotopic (exact) mass is 333 g/mol. The van der Waals surface area contributed by atoms with Crippen molar-refractivity contribution in [2.75, 3.05) is 13.2 Å². The second-order valence-corrected chi connectivity index (χ2v) is 5.61. The fraction of sp³-hybridized carbons (Fsp3) is 0.474. The van der Waals surface area contributed by atoms with Crippen LogP contribution in [0.1, 0.15) is 45.1 Å². The maximum atomic E-state index is 12.1. The van der Waals surface area contributed by atoms with Crippen LogP contribution in [0.4, 0.5) is 0 Å². The van der Waals surface area contributed by atoms with E-state index in [0.717, 1.165) is 17.7 Å². The number of benzene rings is 1. The van der Waals surface area contributed by atoms with E-state index in [1.54, 1.807) is 0 Å². The average Bonchev–Trinajstić information content (AvgIpc) is 2.53. The molecule has 0 heterocycles. The summed E-state index contributed by atoms with van der Waals surface area (Å²) in [6, 6.07) is 7.59. The van der Waals surface area contributed by atoms with E-state index < -0.39 is 17.5 Å². The summed E-state index contributed by atoms with van der Waals surface area (Å²) < 4.78 is 10.5. The smallest absolute Gasteiger partial charge is 0.340 e. The first kappa shape index (κ1) is 19.7. The third-order valence-electron chi connectivity index (χ3n) is 3.40. The van der Waals surface area contributed by atoms with Crippen LogP contribution in [0.15, 0.2) is 35.6 Å². The molecule has 24 heavy (non-hydrogen) atoms. The Hall–Kier alpha value is -2.30. The van der Waals surface area contributed by atoms with E-state index in [9.17, 15) is 14.7 Å². The number of hydrogen-bond acceptors (Lipinski definition) is 5. The summed E-state index contributed by atoms with van der Waals surface area (Å²) in [6.07, 6.45) is 2.07. The maximum Gasteiger partial charge on any atom is 0.340 e. The third-order valence-corrected chi connectivity index (χ3v) is 3.40. The predicted octanol–water partition coefficient (Wildman–Crippen LogP) is 2.70. The van der Waals surface area contributed by atoms with Crippen molar-refractivity contribution in [1.82, 2.24) is 0 Å². The molecule has 0 saturated heterocycles. The molecule has 132 valence electrons. The molecule has 1 aromatic rings. The molecule has 5 nitrogen and oxygen atoms in total. The number of esters is 1. The van der Waals surface area contributed by atoms with Gasteiger partial charge in [-0.1, -0.05) is 31.0 Å². The molecule has 5 heteroatoms. The molecule has 0 aromatic heterocycles. The van der Waals surface area contributed by atoms with Crippen LogP contribution in [-0.4, -0.2) is 25.0 Å². The molecule has 0 radical (unpaired) electrons. The largest absolute Gasteiger partial charge is 0.875 e. The van der Waals surface area contributed by atoms with Crippen LogP contribution in [0, 0.1) is 6.92 Å². The van der Waals surface area contributed by atoms with Crippen molar-refractivity contribution in [2.24, 2.45) is 0 Å². The highest BCUT2D eigenvalue weighted by Crippen LogP contribution is 2.13. The van der Waals surface area contributed by atoms with Crippen LogP contribution >= 0.6 is 0 Å². The highest BCUT2D eigenvalue weighted by atomic mass is 16.5. The highest BCUT2D eigenvalue weighted by Gasteiger charge is 2.16. The van der Waals surface area contributed by atoms with Gasteiger partial charge in [0.1, 0.15) is 5.75 Å². The molecule has 1 aromatic carbocycles. The standard InChI is InChI=1S/C19H26O5/c1-4-5-12-24-19(22)18(15(3)20)17(21)7-6-13-23-16-10-8-14(2)9-11-16/h8-11,21H,4-7,12-13H2,1-3H3/p-1/b18-17+. The maximum absolute atomic E-state index is 12.1. The zero-order valence-corrected chi connectivity index (χ0v) is 14.6. The van der Waals surface area contributed by atoms with Crippen molar-refractivity contribution in [3.8, 4) is 5.75 Å². The molecule has 0 unspecified atom stereocenters. The summed E-state index contributed by atoms with van der Waals surface area (Å²) in [6.45, 7) is 5.71. The Bertz CT molecular complexity index is 572.